The molecule has 102 valence electrons. The first-order valence-corrected chi connectivity index (χ1v) is 6.38. The third-order valence-electron chi connectivity index (χ3n) is 2.33. The molecule has 0 radical (unpaired) electrons. The molecule has 0 aliphatic carbocycles. The normalized spacial score (nSPS) is 9.79. The fraction of sp³-hybridized carbons (Fsp3) is 0.231. The van der Waals surface area contributed by atoms with Gasteiger partial charge in [-0.3, -0.25) is 4.79 Å². The van der Waals surface area contributed by atoms with Gasteiger partial charge in [0.1, 0.15) is 6.54 Å². The van der Waals surface area contributed by atoms with Gasteiger partial charge in [-0.1, -0.05) is 12.1 Å². The van der Waals surface area contributed by atoms with Crippen LogP contribution in [0.15, 0.2) is 35.3 Å². The van der Waals surface area contributed by atoms with Gasteiger partial charge in [-0.15, -0.1) is 6.58 Å². The Morgan fingerprint density at radius 1 is 1.53 bits per heavy atom. The molecule has 0 spiro atoms. The molecule has 0 saturated heterocycles. The minimum atomic E-state index is -1.07. The number of aliphatic carboxylic acids is 1. The zero-order chi connectivity index (χ0) is 14.4. The lowest BCUT2D eigenvalue weighted by Crippen LogP contribution is -2.38. The van der Waals surface area contributed by atoms with Gasteiger partial charge in [-0.2, -0.15) is 0 Å². The molecule has 1 aromatic carbocycles. The van der Waals surface area contributed by atoms with Crippen LogP contribution in [0.4, 0.5) is 10.5 Å². The van der Waals surface area contributed by atoms with E-state index in [0.29, 0.717) is 5.69 Å². The number of carboxylic acids is 1. The van der Waals surface area contributed by atoms with Gasteiger partial charge < -0.3 is 15.3 Å². The fourth-order valence-corrected chi connectivity index (χ4v) is 1.81. The van der Waals surface area contributed by atoms with E-state index in [1.54, 1.807) is 6.07 Å². The van der Waals surface area contributed by atoms with E-state index in [0.717, 1.165) is 14.9 Å². The van der Waals surface area contributed by atoms with E-state index in [-0.39, 0.29) is 13.1 Å². The lowest BCUT2D eigenvalue weighted by Gasteiger charge is -2.20. The summed E-state index contributed by atoms with van der Waals surface area (Å²) in [7, 11) is 0. The Morgan fingerprint density at radius 3 is 2.79 bits per heavy atom. The second-order valence-electron chi connectivity index (χ2n) is 3.98. The number of amides is 2. The summed E-state index contributed by atoms with van der Waals surface area (Å²) in [5.74, 6) is -1.07. The third kappa shape index (κ3) is 4.75. The predicted octanol–water partition coefficient (Wildman–Crippen LogP) is 2.86. The van der Waals surface area contributed by atoms with Gasteiger partial charge in [0.15, 0.2) is 0 Å². The molecule has 0 aliphatic rings. The van der Waals surface area contributed by atoms with Gasteiger partial charge in [0, 0.05) is 11.0 Å². The first kappa shape index (κ1) is 15.2. The first-order valence-electron chi connectivity index (χ1n) is 5.58. The number of hydrogen-bond acceptors (Lipinski definition) is 2. The van der Waals surface area contributed by atoms with Gasteiger partial charge >= 0.3 is 12.0 Å². The number of carbonyl (C=O) groups is 2. The Kier molecular flexibility index (Phi) is 5.57. The van der Waals surface area contributed by atoms with E-state index < -0.39 is 12.0 Å². The molecule has 0 unspecified atom stereocenters. The molecule has 6 heteroatoms. The molecule has 0 aromatic heterocycles. The molecule has 5 nitrogen and oxygen atoms in total. The summed E-state index contributed by atoms with van der Waals surface area (Å²) in [5.41, 5.74) is 1.59. The van der Waals surface area contributed by atoms with Crippen LogP contribution in [0.2, 0.25) is 0 Å². The highest BCUT2D eigenvalue weighted by Crippen LogP contribution is 2.23. The standard InChI is InChI=1S/C13H15BrN2O3/c1-3-6-16(8-12(17)18)13(19)15-11-7-9(2)4-5-10(11)14/h3-5,7H,1,6,8H2,2H3,(H,15,19)(H,17,18). The number of hydrogen-bond donors (Lipinski definition) is 2. The molecule has 19 heavy (non-hydrogen) atoms. The van der Waals surface area contributed by atoms with E-state index in [1.807, 2.05) is 19.1 Å². The maximum absolute atomic E-state index is 12.0. The number of anilines is 1. The molecule has 1 aromatic rings. The Balaban J connectivity index is 2.83. The summed E-state index contributed by atoms with van der Waals surface area (Å²) in [5, 5.41) is 11.4. The number of rotatable bonds is 5. The van der Waals surface area contributed by atoms with Crippen LogP contribution in [0.3, 0.4) is 0 Å². The number of nitrogens with zero attached hydrogens (tertiary/aromatic N) is 1. The van der Waals surface area contributed by atoms with Crippen molar-refractivity contribution in [3.63, 3.8) is 0 Å². The number of aryl methyl sites for hydroxylation is 1. The van der Waals surface area contributed by atoms with Gasteiger partial charge in [-0.05, 0) is 40.5 Å². The first-order chi connectivity index (χ1) is 8.93. The van der Waals surface area contributed by atoms with Crippen molar-refractivity contribution in [1.29, 1.82) is 0 Å². The number of benzene rings is 1. The summed E-state index contributed by atoms with van der Waals surface area (Å²) in [6.45, 7) is 5.20. The molecule has 0 heterocycles. The van der Waals surface area contributed by atoms with Crippen molar-refractivity contribution in [3.05, 3.63) is 40.9 Å². The van der Waals surface area contributed by atoms with Crippen molar-refractivity contribution in [2.45, 2.75) is 6.92 Å². The summed E-state index contributed by atoms with van der Waals surface area (Å²) in [6.07, 6.45) is 1.48. The van der Waals surface area contributed by atoms with Crippen molar-refractivity contribution in [3.8, 4) is 0 Å². The van der Waals surface area contributed by atoms with Crippen LogP contribution in [0.5, 0.6) is 0 Å². The van der Waals surface area contributed by atoms with E-state index in [4.69, 9.17) is 5.11 Å². The van der Waals surface area contributed by atoms with Crippen molar-refractivity contribution in [2.75, 3.05) is 18.4 Å². The molecule has 0 fully saturated rings. The Labute approximate surface area is 120 Å². The van der Waals surface area contributed by atoms with E-state index in [9.17, 15) is 9.59 Å². The van der Waals surface area contributed by atoms with Crippen LogP contribution < -0.4 is 5.32 Å². The zero-order valence-corrected chi connectivity index (χ0v) is 12.1. The molecule has 0 bridgehead atoms. The molecule has 0 atom stereocenters. The minimum Gasteiger partial charge on any atom is -0.480 e. The number of carboxylic acid groups (broad SMARTS) is 1. The average molecular weight is 327 g/mol. The Hall–Kier alpha value is -1.82. The molecule has 0 saturated carbocycles. The number of urea groups is 1. The molecule has 2 N–H and O–H groups in total. The maximum atomic E-state index is 12.0. The van der Waals surface area contributed by atoms with Crippen LogP contribution in [0.1, 0.15) is 5.56 Å². The quantitative estimate of drug-likeness (QED) is 0.817. The van der Waals surface area contributed by atoms with Gasteiger partial charge in [-0.25, -0.2) is 4.79 Å². The van der Waals surface area contributed by atoms with Crippen LogP contribution in [-0.2, 0) is 4.79 Å². The van der Waals surface area contributed by atoms with Gasteiger partial charge in [0.05, 0.1) is 5.69 Å². The Morgan fingerprint density at radius 2 is 2.21 bits per heavy atom. The highest BCUT2D eigenvalue weighted by atomic mass is 79.9. The summed E-state index contributed by atoms with van der Waals surface area (Å²) in [4.78, 5) is 23.8. The summed E-state index contributed by atoms with van der Waals surface area (Å²) >= 11 is 3.33. The number of halogens is 1. The molecular formula is C13H15BrN2O3. The van der Waals surface area contributed by atoms with Gasteiger partial charge in [0.2, 0.25) is 0 Å². The van der Waals surface area contributed by atoms with Crippen LogP contribution in [0, 0.1) is 6.92 Å². The lowest BCUT2D eigenvalue weighted by atomic mass is 10.2. The number of nitrogens with one attached hydrogen (secondary N) is 1. The Bertz CT molecular complexity index is 503. The van der Waals surface area contributed by atoms with Crippen LogP contribution in [-0.4, -0.2) is 35.1 Å². The van der Waals surface area contributed by atoms with Crippen molar-refractivity contribution < 1.29 is 14.7 Å². The monoisotopic (exact) mass is 326 g/mol. The second kappa shape index (κ2) is 6.94. The highest BCUT2D eigenvalue weighted by Gasteiger charge is 2.16. The van der Waals surface area contributed by atoms with E-state index in [2.05, 4.69) is 27.8 Å². The van der Waals surface area contributed by atoms with Crippen molar-refractivity contribution >= 4 is 33.6 Å². The number of carbonyl (C=O) groups excluding carboxylic acids is 1. The fourth-order valence-electron chi connectivity index (χ4n) is 1.47. The van der Waals surface area contributed by atoms with Crippen LogP contribution in [0.25, 0.3) is 0 Å². The molecule has 2 amide bonds. The van der Waals surface area contributed by atoms with E-state index in [1.165, 1.54) is 6.08 Å². The maximum Gasteiger partial charge on any atom is 0.323 e. The topological polar surface area (TPSA) is 69.6 Å². The van der Waals surface area contributed by atoms with E-state index >= 15 is 0 Å². The predicted molar refractivity (Wildman–Crippen MR) is 77.3 cm³/mol. The molecule has 0 aliphatic heterocycles. The molecule has 1 rings (SSSR count). The largest absolute Gasteiger partial charge is 0.480 e. The lowest BCUT2D eigenvalue weighted by molar-refractivity contribution is -0.137. The highest BCUT2D eigenvalue weighted by molar-refractivity contribution is 9.10. The van der Waals surface area contributed by atoms with Gasteiger partial charge in [0.25, 0.3) is 0 Å². The average Bonchev–Trinajstić information content (AvgIpc) is 2.32. The summed E-state index contributed by atoms with van der Waals surface area (Å²) < 4.78 is 0.736. The smallest absolute Gasteiger partial charge is 0.323 e. The zero-order valence-electron chi connectivity index (χ0n) is 10.5. The second-order valence-corrected chi connectivity index (χ2v) is 4.83. The third-order valence-corrected chi connectivity index (χ3v) is 3.02. The van der Waals surface area contributed by atoms with Crippen LogP contribution >= 0.6 is 15.9 Å². The summed E-state index contributed by atoms with van der Waals surface area (Å²) in [6, 6.07) is 5.04. The van der Waals surface area contributed by atoms with Crippen molar-refractivity contribution in [2.24, 2.45) is 0 Å². The SMILES string of the molecule is C=CCN(CC(=O)O)C(=O)Nc1cc(C)ccc1Br. The minimum absolute atomic E-state index is 0.168. The molecular weight excluding hydrogens is 312 g/mol. The van der Waals surface area contributed by atoms with Crippen molar-refractivity contribution in [1.82, 2.24) is 4.90 Å².